The first kappa shape index (κ1) is 19.9. The average molecular weight is 367 g/mol. The fraction of sp³-hybridized carbons (Fsp3) is 0.632. The van der Waals surface area contributed by atoms with Crippen molar-refractivity contribution in [1.29, 1.82) is 0 Å². The van der Waals surface area contributed by atoms with Crippen LogP contribution in [0.4, 0.5) is 0 Å². The van der Waals surface area contributed by atoms with E-state index in [4.69, 9.17) is 0 Å². The van der Waals surface area contributed by atoms with E-state index < -0.39 is 10.0 Å². The normalized spacial score (nSPS) is 18.1. The second-order valence-corrected chi connectivity index (χ2v) is 9.16. The van der Waals surface area contributed by atoms with E-state index in [1.165, 1.54) is 6.07 Å². The highest BCUT2D eigenvalue weighted by atomic mass is 32.2. The van der Waals surface area contributed by atoms with E-state index in [1.807, 2.05) is 13.8 Å². The predicted molar refractivity (Wildman–Crippen MR) is 100 cm³/mol. The summed E-state index contributed by atoms with van der Waals surface area (Å²) in [5.74, 6) is 0.355. The zero-order valence-electron chi connectivity index (χ0n) is 15.7. The van der Waals surface area contributed by atoms with Gasteiger partial charge in [0.1, 0.15) is 0 Å². The molecule has 1 aromatic rings. The largest absolute Gasteiger partial charge is 0.350 e. The van der Waals surface area contributed by atoms with Crippen molar-refractivity contribution in [2.45, 2.75) is 64.3 Å². The molecular formula is C19H30N2O3S. The number of sulfonamides is 1. The Morgan fingerprint density at radius 2 is 1.96 bits per heavy atom. The Hall–Kier alpha value is -1.40. The molecule has 0 aliphatic carbocycles. The standard InChI is InChI=1S/C19H30N2O3S/c1-5-6-16(4)20-19(22)18-13-17(8-7-15(18)3)25(23,24)21-11-9-14(2)10-12-21/h7-8,13-14,16H,5-6,9-12H2,1-4H3,(H,20,22)/t16-/m0/s1. The number of hydrogen-bond acceptors (Lipinski definition) is 3. The van der Waals surface area contributed by atoms with Crippen molar-refractivity contribution in [3.8, 4) is 0 Å². The van der Waals surface area contributed by atoms with Crippen LogP contribution in [0.1, 0.15) is 62.4 Å². The molecule has 140 valence electrons. The molecule has 2 rings (SSSR count). The topological polar surface area (TPSA) is 66.5 Å². The summed E-state index contributed by atoms with van der Waals surface area (Å²) in [6.07, 6.45) is 3.65. The second kappa shape index (κ2) is 8.32. The van der Waals surface area contributed by atoms with E-state index in [1.54, 1.807) is 16.4 Å². The number of aryl methyl sites for hydroxylation is 1. The van der Waals surface area contributed by atoms with Crippen molar-refractivity contribution in [3.63, 3.8) is 0 Å². The van der Waals surface area contributed by atoms with Gasteiger partial charge >= 0.3 is 0 Å². The smallest absolute Gasteiger partial charge is 0.251 e. The SMILES string of the molecule is CCC[C@H](C)NC(=O)c1cc(S(=O)(=O)N2CCC(C)CC2)ccc1C. The molecule has 0 spiro atoms. The van der Waals surface area contributed by atoms with Crippen molar-refractivity contribution in [2.24, 2.45) is 5.92 Å². The fourth-order valence-corrected chi connectivity index (χ4v) is 4.68. The van der Waals surface area contributed by atoms with Crippen LogP contribution in [0, 0.1) is 12.8 Å². The zero-order valence-corrected chi connectivity index (χ0v) is 16.5. The molecule has 1 fully saturated rings. The highest BCUT2D eigenvalue weighted by molar-refractivity contribution is 7.89. The summed E-state index contributed by atoms with van der Waals surface area (Å²) in [5.41, 5.74) is 1.22. The van der Waals surface area contributed by atoms with Crippen LogP contribution in [0.5, 0.6) is 0 Å². The van der Waals surface area contributed by atoms with Gasteiger partial charge < -0.3 is 5.32 Å². The first-order chi connectivity index (χ1) is 11.8. The number of piperidine rings is 1. The summed E-state index contributed by atoms with van der Waals surface area (Å²) in [5, 5.41) is 2.95. The number of rotatable bonds is 6. The first-order valence-corrected chi connectivity index (χ1v) is 10.6. The van der Waals surface area contributed by atoms with Gasteiger partial charge in [-0.05, 0) is 56.7 Å². The Morgan fingerprint density at radius 3 is 2.56 bits per heavy atom. The Kier molecular flexibility index (Phi) is 6.63. The van der Waals surface area contributed by atoms with Crippen LogP contribution in [-0.4, -0.2) is 37.8 Å². The van der Waals surface area contributed by atoms with E-state index in [0.29, 0.717) is 24.6 Å². The van der Waals surface area contributed by atoms with E-state index in [0.717, 1.165) is 31.2 Å². The molecule has 1 saturated heterocycles. The summed E-state index contributed by atoms with van der Waals surface area (Å²) in [7, 11) is -3.54. The van der Waals surface area contributed by atoms with Gasteiger partial charge in [-0.1, -0.05) is 26.3 Å². The molecular weight excluding hydrogens is 336 g/mol. The molecule has 25 heavy (non-hydrogen) atoms. The Balaban J connectivity index is 2.24. The number of benzene rings is 1. The molecule has 1 aromatic carbocycles. The van der Waals surface area contributed by atoms with Crippen molar-refractivity contribution in [3.05, 3.63) is 29.3 Å². The summed E-state index contributed by atoms with van der Waals surface area (Å²) in [6.45, 7) is 9.11. The number of amides is 1. The fourth-order valence-electron chi connectivity index (χ4n) is 3.19. The van der Waals surface area contributed by atoms with Gasteiger partial charge in [-0.2, -0.15) is 4.31 Å². The van der Waals surface area contributed by atoms with E-state index in [2.05, 4.69) is 19.2 Å². The van der Waals surface area contributed by atoms with Crippen LogP contribution >= 0.6 is 0 Å². The lowest BCUT2D eigenvalue weighted by Crippen LogP contribution is -2.38. The molecule has 1 amide bonds. The molecule has 5 nitrogen and oxygen atoms in total. The number of carbonyl (C=O) groups is 1. The molecule has 1 N–H and O–H groups in total. The van der Waals surface area contributed by atoms with Gasteiger partial charge in [-0.15, -0.1) is 0 Å². The summed E-state index contributed by atoms with van der Waals surface area (Å²) in [6, 6.07) is 4.92. The van der Waals surface area contributed by atoms with E-state index in [-0.39, 0.29) is 16.8 Å². The first-order valence-electron chi connectivity index (χ1n) is 9.17. The van der Waals surface area contributed by atoms with Crippen molar-refractivity contribution in [2.75, 3.05) is 13.1 Å². The molecule has 0 aromatic heterocycles. The molecule has 0 unspecified atom stereocenters. The third-order valence-electron chi connectivity index (χ3n) is 4.93. The molecule has 1 aliphatic heterocycles. The minimum atomic E-state index is -3.54. The van der Waals surface area contributed by atoms with Crippen LogP contribution in [0.25, 0.3) is 0 Å². The molecule has 0 saturated carbocycles. The van der Waals surface area contributed by atoms with Gasteiger partial charge in [-0.3, -0.25) is 4.79 Å². The summed E-state index contributed by atoms with van der Waals surface area (Å²) >= 11 is 0. The van der Waals surface area contributed by atoms with Crippen molar-refractivity contribution >= 4 is 15.9 Å². The van der Waals surface area contributed by atoms with Crippen LogP contribution < -0.4 is 5.32 Å². The minimum absolute atomic E-state index is 0.0701. The second-order valence-electron chi connectivity index (χ2n) is 7.23. The number of nitrogens with one attached hydrogen (secondary N) is 1. The van der Waals surface area contributed by atoms with Crippen molar-refractivity contribution < 1.29 is 13.2 Å². The Bertz CT molecular complexity index is 707. The van der Waals surface area contributed by atoms with E-state index >= 15 is 0 Å². The van der Waals surface area contributed by atoms with Gasteiger partial charge in [0.25, 0.3) is 5.91 Å². The maximum Gasteiger partial charge on any atom is 0.251 e. The third kappa shape index (κ3) is 4.82. The lowest BCUT2D eigenvalue weighted by atomic mass is 10.0. The minimum Gasteiger partial charge on any atom is -0.350 e. The lowest BCUT2D eigenvalue weighted by molar-refractivity contribution is 0.0937. The summed E-state index contributed by atoms with van der Waals surface area (Å²) in [4.78, 5) is 12.7. The molecule has 1 heterocycles. The molecule has 1 atom stereocenters. The maximum atomic E-state index is 12.9. The molecule has 0 radical (unpaired) electrons. The lowest BCUT2D eigenvalue weighted by Gasteiger charge is -2.29. The van der Waals surface area contributed by atoms with Crippen LogP contribution in [-0.2, 0) is 10.0 Å². The van der Waals surface area contributed by atoms with Gasteiger partial charge in [0.15, 0.2) is 0 Å². The zero-order chi connectivity index (χ0) is 18.6. The molecule has 0 bridgehead atoms. The molecule has 1 aliphatic rings. The van der Waals surface area contributed by atoms with Gasteiger partial charge in [0, 0.05) is 24.7 Å². The average Bonchev–Trinajstić information content (AvgIpc) is 2.55. The van der Waals surface area contributed by atoms with Crippen LogP contribution in [0.15, 0.2) is 23.1 Å². The predicted octanol–water partition coefficient (Wildman–Crippen LogP) is 3.33. The number of nitrogens with zero attached hydrogens (tertiary/aromatic N) is 1. The van der Waals surface area contributed by atoms with Crippen molar-refractivity contribution in [1.82, 2.24) is 9.62 Å². The van der Waals surface area contributed by atoms with Gasteiger partial charge in [0.05, 0.1) is 4.90 Å². The number of hydrogen-bond donors (Lipinski definition) is 1. The van der Waals surface area contributed by atoms with Gasteiger partial charge in [0.2, 0.25) is 10.0 Å². The summed E-state index contributed by atoms with van der Waals surface area (Å²) < 4.78 is 27.3. The Labute approximate surface area is 151 Å². The Morgan fingerprint density at radius 1 is 1.32 bits per heavy atom. The maximum absolute atomic E-state index is 12.9. The van der Waals surface area contributed by atoms with Crippen LogP contribution in [0.2, 0.25) is 0 Å². The third-order valence-corrected chi connectivity index (χ3v) is 6.83. The highest BCUT2D eigenvalue weighted by Crippen LogP contribution is 2.25. The van der Waals surface area contributed by atoms with Crippen LogP contribution in [0.3, 0.4) is 0 Å². The number of carbonyl (C=O) groups excluding carboxylic acids is 1. The van der Waals surface area contributed by atoms with E-state index in [9.17, 15) is 13.2 Å². The highest BCUT2D eigenvalue weighted by Gasteiger charge is 2.29. The monoisotopic (exact) mass is 366 g/mol. The molecule has 6 heteroatoms. The quantitative estimate of drug-likeness (QED) is 0.840. The van der Waals surface area contributed by atoms with Gasteiger partial charge in [-0.25, -0.2) is 8.42 Å².